The Bertz CT molecular complexity index is 5130. The number of nitrogens with one attached hydrogen (secondary N) is 1. The number of esters is 2. The summed E-state index contributed by atoms with van der Waals surface area (Å²) in [6, 6.07) is 15.1. The van der Waals surface area contributed by atoms with E-state index in [1.807, 2.05) is 20.8 Å². The Morgan fingerprint density at radius 1 is 0.476 bits per heavy atom. The number of benzene rings is 3. The lowest BCUT2D eigenvalue weighted by Crippen LogP contribution is -2.26. The number of H-pyrrole nitrogens is 1. The largest absolute Gasteiger partial charge is 0.443 e. The van der Waals surface area contributed by atoms with E-state index in [4.69, 9.17) is 9.47 Å². The Morgan fingerprint density at radius 2 is 0.874 bits per heavy atom. The number of nitrogens with zero attached hydrogens (tertiary/aromatic N) is 17. The fraction of sp³-hybridized carbons (Fsp3) is 0.362. The fourth-order valence-electron chi connectivity index (χ4n) is 10.5. The second-order valence-corrected chi connectivity index (χ2v) is 26.1. The highest BCUT2D eigenvalue weighted by Crippen LogP contribution is 2.34. The Hall–Kier alpha value is -11.4. The molecule has 0 aliphatic rings. The number of carbonyl (C=O) groups is 2. The van der Waals surface area contributed by atoms with Crippen LogP contribution in [-0.4, -0.2) is 99.0 Å². The molecule has 9 aromatic heterocycles. The predicted molar refractivity (Wildman–Crippen MR) is 359 cm³/mol. The molecule has 103 heavy (non-hydrogen) atoms. The number of aromatic amines is 1. The molecule has 9 heterocycles. The number of hydrogen-bond acceptors (Lipinski definition) is 16. The van der Waals surface area contributed by atoms with Crippen molar-refractivity contribution in [3.63, 3.8) is 0 Å². The van der Waals surface area contributed by atoms with E-state index in [0.29, 0.717) is 81.7 Å². The van der Waals surface area contributed by atoms with Crippen LogP contribution in [0.5, 0.6) is 0 Å². The summed E-state index contributed by atoms with van der Waals surface area (Å²) in [6.07, 6.45) is 2.66. The van der Waals surface area contributed by atoms with Crippen molar-refractivity contribution in [2.24, 2.45) is 10.8 Å². The minimum absolute atomic E-state index is 0.0880. The van der Waals surface area contributed by atoms with E-state index >= 15 is 0 Å². The molecule has 0 saturated heterocycles. The van der Waals surface area contributed by atoms with Gasteiger partial charge < -0.3 is 14.5 Å². The van der Waals surface area contributed by atoms with Crippen molar-refractivity contribution >= 4 is 45.4 Å². The van der Waals surface area contributed by atoms with Crippen LogP contribution in [0.15, 0.2) is 143 Å². The average molecular weight is 1440 g/mol. The van der Waals surface area contributed by atoms with Gasteiger partial charge in [-0.25, -0.2) is 29.9 Å². The zero-order valence-corrected chi connectivity index (χ0v) is 57.3. The molecular weight excluding hydrogens is 1360 g/mol. The Kier molecular flexibility index (Phi) is 21.7. The third-order valence-electron chi connectivity index (χ3n) is 15.7. The van der Waals surface area contributed by atoms with Gasteiger partial charge in [-0.3, -0.25) is 60.9 Å². The Balaban J connectivity index is 0.000000167. The maximum atomic E-state index is 13.2. The molecule has 0 amide bonds. The molecule has 0 bridgehead atoms. The number of fused-ring (bicyclic) bond motifs is 3. The Labute approximate surface area is 580 Å². The molecule has 0 aliphatic carbocycles. The van der Waals surface area contributed by atoms with Crippen molar-refractivity contribution in [3.05, 3.63) is 193 Å². The number of ether oxygens (including phenoxy) is 2. The van der Waals surface area contributed by atoms with Gasteiger partial charge in [-0.05, 0) is 114 Å². The molecule has 12 aromatic rings. The Morgan fingerprint density at radius 3 is 1.32 bits per heavy atom. The van der Waals surface area contributed by atoms with Gasteiger partial charge in [-0.2, -0.15) is 54.8 Å². The minimum Gasteiger partial charge on any atom is -0.443 e. The summed E-state index contributed by atoms with van der Waals surface area (Å²) in [6.45, 7) is 17.5. The van der Waals surface area contributed by atoms with Crippen molar-refractivity contribution in [1.82, 2.24) is 87.1 Å². The van der Waals surface area contributed by atoms with Crippen molar-refractivity contribution in [2.45, 2.75) is 153 Å². The number of carbonyl (C=O) groups excluding carboxylic acids is 2. The van der Waals surface area contributed by atoms with Gasteiger partial charge in [0.1, 0.15) is 36.5 Å². The summed E-state index contributed by atoms with van der Waals surface area (Å²) in [5, 5.41) is 12.7. The SMILES string of the molecule is CCCn1cnc2c(nc(-c3cnn(Cc4cccc(C(F)(F)F)c4)c3)n2COC(=O)C(C)(C)C)c1=O.CCCn1cnc2nc(-c3cnn(Cc4cccc(C(F)(F)F)c4)c3)[nH]c2c1=O.CCCn1cnc2nc(-c3cnn(Cc4cccc(C(F)(F)F)c4)c3)n(COC(=O)C(C)(C)C)c2c1=O. The van der Waals surface area contributed by atoms with Crippen LogP contribution >= 0.6 is 0 Å². The van der Waals surface area contributed by atoms with Gasteiger partial charge in [0.2, 0.25) is 0 Å². The molecular formula is C69H71F9N18O7. The number of halogens is 9. The van der Waals surface area contributed by atoms with Crippen LogP contribution in [0.1, 0.15) is 115 Å². The molecule has 12 rings (SSSR count). The molecule has 1 N–H and O–H groups in total. The average Bonchev–Trinajstić information content (AvgIpc) is 1.62. The number of rotatable bonds is 19. The standard InChI is InChI=1S/2C25H27F3N6O3.C19H17F3N6O/c1-5-9-32-14-29-20-19(22(32)35)34(15-37-23(36)24(2,3)4)21(31-20)17-11-30-33(13-17)12-16-7-6-8-18(10-16)25(26,27)28;1-5-9-32-14-29-21-19(22(32)35)31-20(34(21)15-37-23(36)24(2,3)4)17-11-30-33(13-17)12-16-7-6-8-18(10-16)25(26,27)28;1-2-6-27-11-23-17-15(18(27)29)25-16(26-17)13-8-24-28(10-13)9-12-4-3-5-14(7-12)19(20,21)22/h2*6-8,10-11,13-14H,5,9,12,15H2,1-4H3;3-5,7-8,10-11H,2,6,9H2,1H3,(H,25,26). The van der Waals surface area contributed by atoms with Crippen LogP contribution in [-0.2, 0) is 90.3 Å². The zero-order valence-electron chi connectivity index (χ0n) is 57.3. The van der Waals surface area contributed by atoms with Crippen molar-refractivity contribution < 1.29 is 58.6 Å². The number of alkyl halides is 9. The number of imidazole rings is 3. The van der Waals surface area contributed by atoms with Crippen molar-refractivity contribution in [2.75, 3.05) is 0 Å². The maximum absolute atomic E-state index is 13.2. The van der Waals surface area contributed by atoms with E-state index in [1.54, 1.807) is 78.3 Å². The van der Waals surface area contributed by atoms with Crippen LogP contribution in [0.25, 0.3) is 67.7 Å². The normalized spacial score (nSPS) is 12.2. The van der Waals surface area contributed by atoms with E-state index in [2.05, 4.69) is 50.2 Å². The lowest BCUT2D eigenvalue weighted by atomic mass is 9.97. The number of hydrogen-bond donors (Lipinski definition) is 1. The van der Waals surface area contributed by atoms with Gasteiger partial charge in [0.15, 0.2) is 47.0 Å². The summed E-state index contributed by atoms with van der Waals surface area (Å²) >= 11 is 0. The highest BCUT2D eigenvalue weighted by atomic mass is 19.4. The van der Waals surface area contributed by atoms with Crippen LogP contribution < -0.4 is 16.7 Å². The summed E-state index contributed by atoms with van der Waals surface area (Å²) in [4.78, 5) is 92.7. The molecule has 0 fully saturated rings. The fourth-order valence-corrected chi connectivity index (χ4v) is 10.5. The van der Waals surface area contributed by atoms with Gasteiger partial charge in [-0.15, -0.1) is 0 Å². The molecule has 0 unspecified atom stereocenters. The van der Waals surface area contributed by atoms with Crippen molar-refractivity contribution in [3.8, 4) is 34.2 Å². The van der Waals surface area contributed by atoms with E-state index in [1.165, 1.54) is 92.7 Å². The first kappa shape index (κ1) is 74.3. The van der Waals surface area contributed by atoms with Crippen molar-refractivity contribution in [1.29, 1.82) is 0 Å². The second kappa shape index (κ2) is 30.1. The third kappa shape index (κ3) is 17.5. The van der Waals surface area contributed by atoms with Gasteiger partial charge in [-0.1, -0.05) is 57.2 Å². The first-order valence-electron chi connectivity index (χ1n) is 32.4. The lowest BCUT2D eigenvalue weighted by Gasteiger charge is -2.17. The second-order valence-electron chi connectivity index (χ2n) is 26.1. The predicted octanol–water partition coefficient (Wildman–Crippen LogP) is 12.4. The highest BCUT2D eigenvalue weighted by Gasteiger charge is 2.34. The molecule has 542 valence electrons. The molecule has 0 aliphatic heterocycles. The molecule has 0 saturated carbocycles. The summed E-state index contributed by atoms with van der Waals surface area (Å²) in [5.74, 6) is 0.115. The summed E-state index contributed by atoms with van der Waals surface area (Å²) in [5.41, 5.74) is -0.307. The highest BCUT2D eigenvalue weighted by molar-refractivity contribution is 5.79. The third-order valence-corrected chi connectivity index (χ3v) is 15.7. The van der Waals surface area contributed by atoms with Gasteiger partial charge in [0.05, 0.1) is 82.4 Å². The van der Waals surface area contributed by atoms with E-state index in [0.717, 1.165) is 55.7 Å². The number of aromatic nitrogens is 18. The summed E-state index contributed by atoms with van der Waals surface area (Å²) < 4.78 is 140. The van der Waals surface area contributed by atoms with Gasteiger partial charge in [0, 0.05) is 38.2 Å². The molecule has 3 aromatic carbocycles. The quantitative estimate of drug-likeness (QED) is 0.0582. The van der Waals surface area contributed by atoms with Crippen LogP contribution in [0.4, 0.5) is 39.5 Å². The topological polar surface area (TPSA) is 275 Å². The van der Waals surface area contributed by atoms with E-state index in [-0.39, 0.29) is 72.1 Å². The van der Waals surface area contributed by atoms with Gasteiger partial charge >= 0.3 is 30.5 Å². The lowest BCUT2D eigenvalue weighted by molar-refractivity contribution is -0.157. The molecule has 0 radical (unpaired) electrons. The zero-order chi connectivity index (χ0) is 74.5. The van der Waals surface area contributed by atoms with Crippen LogP contribution in [0.3, 0.4) is 0 Å². The minimum atomic E-state index is -4.45. The van der Waals surface area contributed by atoms with Crippen LogP contribution in [0, 0.1) is 10.8 Å². The first-order valence-corrected chi connectivity index (χ1v) is 32.4. The van der Waals surface area contributed by atoms with Gasteiger partial charge in [0.25, 0.3) is 16.7 Å². The molecule has 0 atom stereocenters. The number of aryl methyl sites for hydroxylation is 3. The van der Waals surface area contributed by atoms with E-state index < -0.39 is 58.0 Å². The van der Waals surface area contributed by atoms with E-state index in [9.17, 15) is 63.5 Å². The van der Waals surface area contributed by atoms with Crippen LogP contribution in [0.2, 0.25) is 0 Å². The molecule has 34 heteroatoms. The monoisotopic (exact) mass is 1430 g/mol. The first-order chi connectivity index (χ1) is 48.6. The summed E-state index contributed by atoms with van der Waals surface area (Å²) in [7, 11) is 0. The maximum Gasteiger partial charge on any atom is 0.416 e. The molecule has 25 nitrogen and oxygen atoms in total. The molecule has 0 spiro atoms. The smallest absolute Gasteiger partial charge is 0.416 e.